The Labute approximate surface area is 136 Å². The van der Waals surface area contributed by atoms with E-state index in [4.69, 9.17) is 4.74 Å². The standard InChI is InChI=1S/C17H24FN3O2/c1-17(2,22)16-20(3)15(11-23-16)12-4-5-13(18)14(10-12)21-8-6-19-7-9-21/h4-5,10-11,16,19,22H,6-9H2,1-3H3. The van der Waals surface area contributed by atoms with Crippen LogP contribution < -0.4 is 10.2 Å². The van der Waals surface area contributed by atoms with E-state index in [1.807, 2.05) is 18.0 Å². The van der Waals surface area contributed by atoms with Crippen LogP contribution in [0.25, 0.3) is 5.70 Å². The number of hydrogen-bond donors (Lipinski definition) is 2. The van der Waals surface area contributed by atoms with Crippen molar-refractivity contribution >= 4 is 11.4 Å². The molecular formula is C17H24FN3O2. The van der Waals surface area contributed by atoms with Gasteiger partial charge in [0.25, 0.3) is 0 Å². The number of anilines is 1. The Morgan fingerprint density at radius 1 is 1.30 bits per heavy atom. The predicted octanol–water partition coefficient (Wildman–Crippen LogP) is 1.59. The first kappa shape index (κ1) is 16.1. The summed E-state index contributed by atoms with van der Waals surface area (Å²) in [4.78, 5) is 3.94. The summed E-state index contributed by atoms with van der Waals surface area (Å²) in [6.45, 7) is 6.71. The maximum Gasteiger partial charge on any atom is 0.199 e. The molecule has 3 rings (SSSR count). The number of nitrogens with one attached hydrogen (secondary N) is 1. The number of piperazine rings is 1. The van der Waals surface area contributed by atoms with Crippen molar-refractivity contribution in [2.45, 2.75) is 25.7 Å². The monoisotopic (exact) mass is 321 g/mol. The highest BCUT2D eigenvalue weighted by Gasteiger charge is 2.37. The van der Waals surface area contributed by atoms with Gasteiger partial charge in [-0.3, -0.25) is 0 Å². The lowest BCUT2D eigenvalue weighted by atomic mass is 10.1. The van der Waals surface area contributed by atoms with Crippen LogP contribution in [-0.4, -0.2) is 55.1 Å². The topological polar surface area (TPSA) is 48.0 Å². The van der Waals surface area contributed by atoms with Crippen LogP contribution >= 0.6 is 0 Å². The summed E-state index contributed by atoms with van der Waals surface area (Å²) in [6.07, 6.45) is 1.18. The van der Waals surface area contributed by atoms with Gasteiger partial charge >= 0.3 is 0 Å². The second-order valence-electron chi connectivity index (χ2n) is 6.66. The van der Waals surface area contributed by atoms with Crippen molar-refractivity contribution in [1.82, 2.24) is 10.2 Å². The Morgan fingerprint density at radius 2 is 2.00 bits per heavy atom. The quantitative estimate of drug-likeness (QED) is 0.885. The van der Waals surface area contributed by atoms with Crippen molar-refractivity contribution < 1.29 is 14.2 Å². The minimum absolute atomic E-state index is 0.211. The fourth-order valence-corrected chi connectivity index (χ4v) is 3.16. The summed E-state index contributed by atoms with van der Waals surface area (Å²) in [6, 6.07) is 5.11. The molecule has 23 heavy (non-hydrogen) atoms. The second kappa shape index (κ2) is 6.02. The van der Waals surface area contributed by atoms with Gasteiger partial charge in [-0.25, -0.2) is 4.39 Å². The summed E-state index contributed by atoms with van der Waals surface area (Å²) in [5, 5.41) is 13.5. The fraction of sp³-hybridized carbons (Fsp3) is 0.529. The molecule has 0 aliphatic carbocycles. The van der Waals surface area contributed by atoms with E-state index in [1.165, 1.54) is 6.07 Å². The molecular weight excluding hydrogens is 297 g/mol. The van der Waals surface area contributed by atoms with E-state index < -0.39 is 11.8 Å². The van der Waals surface area contributed by atoms with E-state index in [0.717, 1.165) is 37.4 Å². The molecule has 126 valence electrons. The van der Waals surface area contributed by atoms with Gasteiger partial charge in [0.1, 0.15) is 17.7 Å². The molecule has 2 aliphatic rings. The molecule has 0 amide bonds. The van der Waals surface area contributed by atoms with Crippen LogP contribution in [0.4, 0.5) is 10.1 Å². The first-order valence-corrected chi connectivity index (χ1v) is 7.94. The molecule has 0 spiro atoms. The molecule has 5 nitrogen and oxygen atoms in total. The van der Waals surface area contributed by atoms with E-state index in [1.54, 1.807) is 26.2 Å². The SMILES string of the molecule is CN1C(c2ccc(F)c(N3CCNCC3)c2)=COC1C(C)(C)O. The Kier molecular flexibility index (Phi) is 4.21. The van der Waals surface area contributed by atoms with Gasteiger partial charge in [0.05, 0.1) is 11.4 Å². The third kappa shape index (κ3) is 3.14. The zero-order chi connectivity index (χ0) is 16.6. The minimum Gasteiger partial charge on any atom is -0.473 e. The van der Waals surface area contributed by atoms with Crippen molar-refractivity contribution in [3.05, 3.63) is 35.8 Å². The van der Waals surface area contributed by atoms with Crippen molar-refractivity contribution in [2.24, 2.45) is 0 Å². The molecule has 0 saturated carbocycles. The number of nitrogens with zero attached hydrogens (tertiary/aromatic N) is 2. The average Bonchev–Trinajstić information content (AvgIpc) is 2.90. The predicted molar refractivity (Wildman–Crippen MR) is 88.4 cm³/mol. The van der Waals surface area contributed by atoms with Crippen molar-refractivity contribution in [3.8, 4) is 0 Å². The third-order valence-electron chi connectivity index (χ3n) is 4.34. The van der Waals surface area contributed by atoms with Gasteiger partial charge in [0.15, 0.2) is 6.23 Å². The van der Waals surface area contributed by atoms with E-state index in [-0.39, 0.29) is 5.82 Å². The van der Waals surface area contributed by atoms with Gasteiger partial charge in [0, 0.05) is 38.8 Å². The maximum absolute atomic E-state index is 14.2. The van der Waals surface area contributed by atoms with E-state index in [9.17, 15) is 9.50 Å². The van der Waals surface area contributed by atoms with Gasteiger partial charge in [0.2, 0.25) is 0 Å². The molecule has 1 aromatic rings. The molecule has 1 atom stereocenters. The highest BCUT2D eigenvalue weighted by Crippen LogP contribution is 2.34. The normalized spacial score (nSPS) is 22.1. The highest BCUT2D eigenvalue weighted by atomic mass is 19.1. The van der Waals surface area contributed by atoms with Gasteiger partial charge in [-0.05, 0) is 32.0 Å². The van der Waals surface area contributed by atoms with Gasteiger partial charge < -0.3 is 25.0 Å². The van der Waals surface area contributed by atoms with E-state index in [2.05, 4.69) is 10.2 Å². The number of aliphatic hydroxyl groups is 1. The zero-order valence-electron chi connectivity index (χ0n) is 13.8. The third-order valence-corrected chi connectivity index (χ3v) is 4.34. The van der Waals surface area contributed by atoms with Crippen molar-refractivity contribution in [2.75, 3.05) is 38.1 Å². The number of hydrogen-bond acceptors (Lipinski definition) is 5. The highest BCUT2D eigenvalue weighted by molar-refractivity contribution is 5.69. The molecule has 2 heterocycles. The van der Waals surface area contributed by atoms with Crippen molar-refractivity contribution in [1.29, 1.82) is 0 Å². The molecule has 2 aliphatic heterocycles. The summed E-state index contributed by atoms with van der Waals surface area (Å²) in [5.41, 5.74) is 1.35. The fourth-order valence-electron chi connectivity index (χ4n) is 3.16. The molecule has 0 aromatic heterocycles. The lowest BCUT2D eigenvalue weighted by Crippen LogP contribution is -2.45. The van der Waals surface area contributed by atoms with Crippen molar-refractivity contribution in [3.63, 3.8) is 0 Å². The number of ether oxygens (including phenoxy) is 1. The summed E-state index contributed by atoms with van der Waals surface area (Å²) in [5.74, 6) is -0.211. The first-order valence-electron chi connectivity index (χ1n) is 7.94. The minimum atomic E-state index is -0.992. The van der Waals surface area contributed by atoms with Gasteiger partial charge in [-0.1, -0.05) is 0 Å². The molecule has 2 N–H and O–H groups in total. The molecule has 1 aromatic carbocycles. The number of benzene rings is 1. The van der Waals surface area contributed by atoms with Crippen LogP contribution in [0.15, 0.2) is 24.5 Å². The summed E-state index contributed by atoms with van der Waals surface area (Å²) in [7, 11) is 1.87. The zero-order valence-corrected chi connectivity index (χ0v) is 13.8. The maximum atomic E-state index is 14.2. The van der Waals surface area contributed by atoms with E-state index >= 15 is 0 Å². The lowest BCUT2D eigenvalue weighted by Gasteiger charge is -2.33. The van der Waals surface area contributed by atoms with Gasteiger partial charge in [-0.2, -0.15) is 0 Å². The molecule has 0 radical (unpaired) electrons. The number of likely N-dealkylation sites (N-methyl/N-ethyl adjacent to an activating group) is 1. The number of halogens is 1. The summed E-state index contributed by atoms with van der Waals surface area (Å²) < 4.78 is 19.8. The molecule has 1 unspecified atom stereocenters. The Balaban J connectivity index is 1.87. The summed E-state index contributed by atoms with van der Waals surface area (Å²) >= 11 is 0. The van der Waals surface area contributed by atoms with Crippen LogP contribution in [0, 0.1) is 5.82 Å². The van der Waals surface area contributed by atoms with Crippen LogP contribution in [0.3, 0.4) is 0 Å². The molecule has 1 saturated heterocycles. The molecule has 6 heteroatoms. The lowest BCUT2D eigenvalue weighted by molar-refractivity contribution is -0.0938. The first-order chi connectivity index (χ1) is 10.9. The average molecular weight is 321 g/mol. The van der Waals surface area contributed by atoms with Gasteiger partial charge in [-0.15, -0.1) is 0 Å². The number of rotatable bonds is 3. The Morgan fingerprint density at radius 3 is 2.61 bits per heavy atom. The van der Waals surface area contributed by atoms with Crippen LogP contribution in [0.2, 0.25) is 0 Å². The molecule has 1 fully saturated rings. The van der Waals surface area contributed by atoms with E-state index in [0.29, 0.717) is 5.69 Å². The molecule has 0 bridgehead atoms. The van der Waals surface area contributed by atoms with Crippen LogP contribution in [0.1, 0.15) is 19.4 Å². The second-order valence-corrected chi connectivity index (χ2v) is 6.66. The van der Waals surface area contributed by atoms with Crippen LogP contribution in [0.5, 0.6) is 0 Å². The van der Waals surface area contributed by atoms with Crippen LogP contribution in [-0.2, 0) is 4.74 Å². The Bertz CT molecular complexity index is 606. The Hall–Kier alpha value is -1.79. The smallest absolute Gasteiger partial charge is 0.199 e. The largest absolute Gasteiger partial charge is 0.473 e.